The van der Waals surface area contributed by atoms with E-state index >= 15 is 0 Å². The van der Waals surface area contributed by atoms with Gasteiger partial charge in [0.2, 0.25) is 0 Å². The van der Waals surface area contributed by atoms with Crippen LogP contribution in [0.25, 0.3) is 0 Å². The lowest BCUT2D eigenvalue weighted by molar-refractivity contribution is 0.533. The van der Waals surface area contributed by atoms with Crippen LogP contribution < -0.4 is 5.73 Å². The first-order valence-corrected chi connectivity index (χ1v) is 8.43. The highest BCUT2D eigenvalue weighted by atomic mass is 79.9. The molecule has 0 saturated heterocycles. The number of hydrogen-bond acceptors (Lipinski definition) is 1. The molecule has 0 spiro atoms. The number of nitrogens with two attached hydrogens (primary N) is 1. The van der Waals surface area contributed by atoms with Gasteiger partial charge in [0.05, 0.1) is 0 Å². The fourth-order valence-corrected chi connectivity index (χ4v) is 3.21. The normalized spacial score (nSPS) is 12.4. The molecule has 0 radical (unpaired) electrons. The summed E-state index contributed by atoms with van der Waals surface area (Å²) in [5.74, 6) is 0.398. The minimum Gasteiger partial charge on any atom is -0.330 e. The lowest BCUT2D eigenvalue weighted by Gasteiger charge is -2.16. The van der Waals surface area contributed by atoms with E-state index in [1.165, 1.54) is 5.56 Å². The fourth-order valence-electron chi connectivity index (χ4n) is 2.19. The standard InChI is InChI=1S/C16H16Br2ClN/c17-14-4-1-11(2-5-14)7-12(10-20)8-13-3-6-15(18)9-16(13)19/h1-6,9,12H,7-8,10,20H2. The Morgan fingerprint density at radius 2 is 1.60 bits per heavy atom. The highest BCUT2D eigenvalue weighted by Gasteiger charge is 2.11. The van der Waals surface area contributed by atoms with Crippen LogP contribution in [-0.2, 0) is 12.8 Å². The van der Waals surface area contributed by atoms with Crippen molar-refractivity contribution in [1.82, 2.24) is 0 Å². The Morgan fingerprint density at radius 1 is 0.950 bits per heavy atom. The number of benzene rings is 2. The van der Waals surface area contributed by atoms with Crippen LogP contribution in [0.3, 0.4) is 0 Å². The van der Waals surface area contributed by atoms with E-state index in [-0.39, 0.29) is 0 Å². The van der Waals surface area contributed by atoms with Gasteiger partial charge in [-0.2, -0.15) is 0 Å². The zero-order chi connectivity index (χ0) is 14.5. The first-order chi connectivity index (χ1) is 9.58. The molecule has 0 aromatic heterocycles. The molecular formula is C16H16Br2ClN. The number of halogens is 3. The van der Waals surface area contributed by atoms with Crippen LogP contribution in [0.4, 0.5) is 0 Å². The molecule has 0 heterocycles. The van der Waals surface area contributed by atoms with E-state index in [2.05, 4.69) is 62.2 Å². The summed E-state index contributed by atoms with van der Waals surface area (Å²) >= 11 is 13.2. The lowest BCUT2D eigenvalue weighted by Crippen LogP contribution is -2.19. The van der Waals surface area contributed by atoms with Gasteiger partial charge in [-0.25, -0.2) is 0 Å². The quantitative estimate of drug-likeness (QED) is 0.709. The zero-order valence-corrected chi connectivity index (χ0v) is 14.9. The van der Waals surface area contributed by atoms with Gasteiger partial charge >= 0.3 is 0 Å². The molecule has 4 heteroatoms. The van der Waals surface area contributed by atoms with E-state index in [1.54, 1.807) is 0 Å². The summed E-state index contributed by atoms with van der Waals surface area (Å²) in [6, 6.07) is 14.4. The smallest absolute Gasteiger partial charge is 0.0449 e. The Hall–Kier alpha value is -0.350. The third kappa shape index (κ3) is 4.59. The summed E-state index contributed by atoms with van der Waals surface area (Å²) < 4.78 is 2.10. The van der Waals surface area contributed by atoms with Gasteiger partial charge in [0.15, 0.2) is 0 Å². The van der Waals surface area contributed by atoms with Crippen molar-refractivity contribution < 1.29 is 0 Å². The summed E-state index contributed by atoms with van der Waals surface area (Å²) in [6.07, 6.45) is 1.87. The molecule has 0 aliphatic heterocycles. The fraction of sp³-hybridized carbons (Fsp3) is 0.250. The van der Waals surface area contributed by atoms with Crippen LogP contribution in [0.15, 0.2) is 51.4 Å². The molecule has 0 saturated carbocycles. The van der Waals surface area contributed by atoms with E-state index in [4.69, 9.17) is 17.3 Å². The van der Waals surface area contributed by atoms with Crippen molar-refractivity contribution in [3.8, 4) is 0 Å². The zero-order valence-electron chi connectivity index (χ0n) is 11.0. The van der Waals surface area contributed by atoms with Crippen molar-refractivity contribution in [1.29, 1.82) is 0 Å². The molecule has 2 N–H and O–H groups in total. The molecule has 0 bridgehead atoms. The summed E-state index contributed by atoms with van der Waals surface area (Å²) in [6.45, 7) is 0.655. The molecule has 2 rings (SSSR count). The molecule has 20 heavy (non-hydrogen) atoms. The highest BCUT2D eigenvalue weighted by molar-refractivity contribution is 9.10. The van der Waals surface area contributed by atoms with Crippen molar-refractivity contribution in [2.24, 2.45) is 11.7 Å². The molecule has 0 fully saturated rings. The monoisotopic (exact) mass is 415 g/mol. The molecule has 2 aromatic carbocycles. The van der Waals surface area contributed by atoms with Gasteiger partial charge in [-0.3, -0.25) is 0 Å². The van der Waals surface area contributed by atoms with Gasteiger partial charge in [-0.1, -0.05) is 61.7 Å². The first-order valence-electron chi connectivity index (χ1n) is 6.47. The maximum atomic E-state index is 6.28. The minimum atomic E-state index is 0.398. The molecule has 106 valence electrons. The molecule has 0 aliphatic rings. The van der Waals surface area contributed by atoms with Gasteiger partial charge in [0.25, 0.3) is 0 Å². The predicted molar refractivity (Wildman–Crippen MR) is 93.2 cm³/mol. The topological polar surface area (TPSA) is 26.0 Å². The molecule has 0 amide bonds. The van der Waals surface area contributed by atoms with E-state index in [1.807, 2.05) is 12.1 Å². The van der Waals surface area contributed by atoms with Crippen molar-refractivity contribution in [3.63, 3.8) is 0 Å². The van der Waals surface area contributed by atoms with Crippen molar-refractivity contribution in [3.05, 3.63) is 67.6 Å². The van der Waals surface area contributed by atoms with Crippen LogP contribution in [0.1, 0.15) is 11.1 Å². The van der Waals surface area contributed by atoms with Gasteiger partial charge < -0.3 is 5.73 Å². The summed E-state index contributed by atoms with van der Waals surface area (Å²) in [4.78, 5) is 0. The SMILES string of the molecule is NCC(Cc1ccc(Br)cc1)Cc1ccc(Br)cc1Cl. The van der Waals surface area contributed by atoms with Crippen LogP contribution >= 0.6 is 43.5 Å². The Bertz CT molecular complexity index is 569. The second-order valence-corrected chi connectivity index (χ2v) is 7.11. The van der Waals surface area contributed by atoms with Gasteiger partial charge in [0, 0.05) is 14.0 Å². The van der Waals surface area contributed by atoms with E-state index in [9.17, 15) is 0 Å². The summed E-state index contributed by atoms with van der Waals surface area (Å²) in [7, 11) is 0. The summed E-state index contributed by atoms with van der Waals surface area (Å²) in [5.41, 5.74) is 8.37. The van der Waals surface area contributed by atoms with E-state index < -0.39 is 0 Å². The molecule has 1 atom stereocenters. The van der Waals surface area contributed by atoms with Crippen LogP contribution in [0, 0.1) is 5.92 Å². The largest absolute Gasteiger partial charge is 0.330 e. The van der Waals surface area contributed by atoms with E-state index in [0.717, 1.165) is 32.4 Å². The van der Waals surface area contributed by atoms with Gasteiger partial charge in [0.1, 0.15) is 0 Å². The maximum absolute atomic E-state index is 6.28. The number of rotatable bonds is 5. The van der Waals surface area contributed by atoms with E-state index in [0.29, 0.717) is 12.5 Å². The molecule has 0 aliphatic carbocycles. The second-order valence-electron chi connectivity index (χ2n) is 4.87. The van der Waals surface area contributed by atoms with Crippen molar-refractivity contribution in [2.45, 2.75) is 12.8 Å². The molecule has 2 aromatic rings. The van der Waals surface area contributed by atoms with Gasteiger partial charge in [-0.15, -0.1) is 0 Å². The highest BCUT2D eigenvalue weighted by Crippen LogP contribution is 2.25. The van der Waals surface area contributed by atoms with Crippen molar-refractivity contribution in [2.75, 3.05) is 6.54 Å². The third-order valence-corrected chi connectivity index (χ3v) is 4.67. The predicted octanol–water partition coefficient (Wildman–Crippen LogP) is 5.23. The van der Waals surface area contributed by atoms with Crippen LogP contribution in [0.5, 0.6) is 0 Å². The Kier molecular flexibility index (Phi) is 6.09. The van der Waals surface area contributed by atoms with Crippen molar-refractivity contribution >= 4 is 43.5 Å². The third-order valence-electron chi connectivity index (χ3n) is 3.29. The maximum Gasteiger partial charge on any atom is 0.0449 e. The minimum absolute atomic E-state index is 0.398. The Balaban J connectivity index is 2.07. The molecular weight excluding hydrogens is 401 g/mol. The molecule has 1 unspecified atom stereocenters. The average Bonchev–Trinajstić information content (AvgIpc) is 2.43. The van der Waals surface area contributed by atoms with Crippen LogP contribution in [0.2, 0.25) is 5.02 Å². The average molecular weight is 418 g/mol. The molecule has 1 nitrogen and oxygen atoms in total. The number of hydrogen-bond donors (Lipinski definition) is 1. The Labute approximate surface area is 141 Å². The first kappa shape index (κ1) is 16.0. The van der Waals surface area contributed by atoms with Gasteiger partial charge in [-0.05, 0) is 60.7 Å². The Morgan fingerprint density at radius 3 is 2.20 bits per heavy atom. The second kappa shape index (κ2) is 7.60. The summed E-state index contributed by atoms with van der Waals surface area (Å²) in [5, 5.41) is 0.800. The van der Waals surface area contributed by atoms with Crippen LogP contribution in [-0.4, -0.2) is 6.54 Å². The lowest BCUT2D eigenvalue weighted by atomic mass is 9.92.